The summed E-state index contributed by atoms with van der Waals surface area (Å²) in [5, 5.41) is 8.72. The van der Waals surface area contributed by atoms with E-state index in [1.54, 1.807) is 0 Å². The molecule has 50 valence electrons. The fourth-order valence-electron chi connectivity index (χ4n) is 0.485. The van der Waals surface area contributed by atoms with Crippen LogP contribution < -0.4 is 0 Å². The van der Waals surface area contributed by atoms with Gasteiger partial charge < -0.3 is 0 Å². The van der Waals surface area contributed by atoms with Crippen molar-refractivity contribution in [2.75, 3.05) is 0 Å². The van der Waals surface area contributed by atoms with Crippen molar-refractivity contribution in [2.24, 2.45) is 0 Å². The maximum atomic E-state index is 11.8. The predicted molar refractivity (Wildman–Crippen MR) is 34.1 cm³/mol. The van der Waals surface area contributed by atoms with Crippen molar-refractivity contribution in [3.63, 3.8) is 0 Å². The Morgan fingerprint density at radius 3 is 2.44 bits per heavy atom. The molecule has 0 fully saturated rings. The Hall–Kier alpha value is -0.510. The van der Waals surface area contributed by atoms with E-state index in [1.807, 2.05) is 6.92 Å². The molecule has 9 heavy (non-hydrogen) atoms. The van der Waals surface area contributed by atoms with Crippen LogP contribution >= 0.6 is 11.3 Å². The maximum absolute atomic E-state index is 11.8. The van der Waals surface area contributed by atoms with E-state index >= 15 is 0 Å². The van der Waals surface area contributed by atoms with Gasteiger partial charge in [0.05, 0.1) is 0 Å². The Labute approximate surface area is 56.7 Å². The van der Waals surface area contributed by atoms with Crippen LogP contribution in [0.1, 0.15) is 16.9 Å². The van der Waals surface area contributed by atoms with Gasteiger partial charge in [0.15, 0.2) is 0 Å². The summed E-state index contributed by atoms with van der Waals surface area (Å²) in [6.45, 7) is 1.49. The Kier molecular flexibility index (Phi) is 2.10. The maximum Gasteiger partial charge on any atom is 0.148 e. The third-order valence-corrected chi connectivity index (χ3v) is 1.96. The van der Waals surface area contributed by atoms with Crippen molar-refractivity contribution in [1.29, 1.82) is 0 Å². The second kappa shape index (κ2) is 2.87. The van der Waals surface area contributed by atoms with E-state index in [2.05, 4.69) is 10.2 Å². The van der Waals surface area contributed by atoms with Gasteiger partial charge in [-0.1, -0.05) is 18.3 Å². The van der Waals surface area contributed by atoms with Crippen LogP contribution in [-0.4, -0.2) is 10.2 Å². The second-order valence-corrected chi connectivity index (χ2v) is 2.72. The lowest BCUT2D eigenvalue weighted by atomic mass is 10.5. The third kappa shape index (κ3) is 1.45. The van der Waals surface area contributed by atoms with Crippen molar-refractivity contribution >= 4 is 11.3 Å². The molecule has 0 aromatic carbocycles. The Balaban J connectivity index is 2.74. The summed E-state index contributed by atoms with van der Waals surface area (Å²) < 4.78 is 11.8. The van der Waals surface area contributed by atoms with Crippen LogP contribution in [0.3, 0.4) is 0 Å². The predicted octanol–water partition coefficient (Wildman–Crippen LogP) is 1.57. The molecule has 0 saturated carbocycles. The molecular weight excluding hydrogens is 139 g/mol. The van der Waals surface area contributed by atoms with E-state index in [4.69, 9.17) is 0 Å². The Morgan fingerprint density at radius 1 is 1.44 bits per heavy atom. The summed E-state index contributed by atoms with van der Waals surface area (Å²) in [5.41, 5.74) is 0. The lowest BCUT2D eigenvalue weighted by Crippen LogP contribution is -1.76. The van der Waals surface area contributed by atoms with Crippen LogP contribution in [0.2, 0.25) is 0 Å². The molecule has 0 aliphatic heterocycles. The van der Waals surface area contributed by atoms with Crippen molar-refractivity contribution in [1.82, 2.24) is 10.2 Å². The molecule has 0 spiro atoms. The number of halogens is 1. The van der Waals surface area contributed by atoms with E-state index in [-0.39, 0.29) is 0 Å². The molecule has 0 saturated heterocycles. The van der Waals surface area contributed by atoms with Gasteiger partial charge in [-0.15, -0.1) is 10.2 Å². The van der Waals surface area contributed by atoms with Gasteiger partial charge in [0, 0.05) is 0 Å². The molecule has 1 heterocycles. The first kappa shape index (κ1) is 6.61. The van der Waals surface area contributed by atoms with Gasteiger partial charge in [-0.25, -0.2) is 4.39 Å². The van der Waals surface area contributed by atoms with Gasteiger partial charge in [0.2, 0.25) is 0 Å². The first-order chi connectivity index (χ1) is 4.36. The number of aryl methyl sites for hydroxylation is 1. The molecule has 0 bridgehead atoms. The quantitative estimate of drug-likeness (QED) is 0.633. The molecule has 0 amide bonds. The molecule has 1 aromatic heterocycles. The van der Waals surface area contributed by atoms with Crippen LogP contribution in [0.5, 0.6) is 0 Å². The number of alkyl halides is 1. The van der Waals surface area contributed by atoms with Crippen molar-refractivity contribution in [3.05, 3.63) is 10.0 Å². The average molecular weight is 146 g/mol. The average Bonchev–Trinajstić information content (AvgIpc) is 2.34. The Morgan fingerprint density at radius 2 is 2.11 bits per heavy atom. The smallest absolute Gasteiger partial charge is 0.148 e. The normalized spacial score (nSPS) is 10.0. The van der Waals surface area contributed by atoms with Crippen molar-refractivity contribution in [3.8, 4) is 0 Å². The Bertz CT molecular complexity index is 168. The molecule has 0 N–H and O–H groups in total. The van der Waals surface area contributed by atoms with Gasteiger partial charge in [0.25, 0.3) is 0 Å². The lowest BCUT2D eigenvalue weighted by Gasteiger charge is -1.77. The van der Waals surface area contributed by atoms with Crippen LogP contribution in [0, 0.1) is 0 Å². The number of hydrogen-bond donors (Lipinski definition) is 0. The molecule has 0 unspecified atom stereocenters. The minimum Gasteiger partial charge on any atom is -0.243 e. The summed E-state index contributed by atoms with van der Waals surface area (Å²) in [4.78, 5) is 0. The molecule has 0 radical (unpaired) electrons. The SMILES string of the molecule is CCc1nnc(CF)s1. The molecule has 0 aliphatic rings. The zero-order chi connectivity index (χ0) is 6.69. The van der Waals surface area contributed by atoms with E-state index in [1.165, 1.54) is 11.3 Å². The van der Waals surface area contributed by atoms with Crippen LogP contribution in [-0.2, 0) is 13.1 Å². The first-order valence-corrected chi connectivity index (χ1v) is 3.55. The lowest BCUT2D eigenvalue weighted by molar-refractivity contribution is 0.481. The minimum atomic E-state index is -0.488. The van der Waals surface area contributed by atoms with Crippen LogP contribution in [0.4, 0.5) is 4.39 Å². The second-order valence-electron chi connectivity index (χ2n) is 1.58. The monoisotopic (exact) mass is 146 g/mol. The fraction of sp³-hybridized carbons (Fsp3) is 0.600. The van der Waals surface area contributed by atoms with Gasteiger partial charge in [-0.05, 0) is 6.42 Å². The van der Waals surface area contributed by atoms with E-state index < -0.39 is 6.67 Å². The standard InChI is InChI=1S/C5H7FN2S/c1-2-4-7-8-5(3-6)9-4/h2-3H2,1H3. The molecule has 0 aliphatic carbocycles. The topological polar surface area (TPSA) is 25.8 Å². The highest BCUT2D eigenvalue weighted by Crippen LogP contribution is 2.10. The molecule has 0 atom stereocenters. The number of rotatable bonds is 2. The van der Waals surface area contributed by atoms with E-state index in [9.17, 15) is 4.39 Å². The van der Waals surface area contributed by atoms with Gasteiger partial charge in [0.1, 0.15) is 16.7 Å². The van der Waals surface area contributed by atoms with E-state index in [0.717, 1.165) is 11.4 Å². The summed E-state index contributed by atoms with van der Waals surface area (Å²) in [7, 11) is 0. The van der Waals surface area contributed by atoms with Crippen molar-refractivity contribution in [2.45, 2.75) is 20.0 Å². The molecule has 1 rings (SSSR count). The number of aromatic nitrogens is 2. The van der Waals surface area contributed by atoms with Crippen LogP contribution in [0.15, 0.2) is 0 Å². The third-order valence-electron chi connectivity index (χ3n) is 0.925. The van der Waals surface area contributed by atoms with Crippen molar-refractivity contribution < 1.29 is 4.39 Å². The fourth-order valence-corrected chi connectivity index (χ4v) is 1.12. The highest BCUT2D eigenvalue weighted by Gasteiger charge is 1.99. The largest absolute Gasteiger partial charge is 0.243 e. The minimum absolute atomic E-state index is 0.479. The van der Waals surface area contributed by atoms with Gasteiger partial charge in [-0.2, -0.15) is 0 Å². The molecule has 4 heteroatoms. The molecule has 2 nitrogen and oxygen atoms in total. The number of nitrogens with zero attached hydrogens (tertiary/aromatic N) is 2. The zero-order valence-electron chi connectivity index (χ0n) is 5.09. The van der Waals surface area contributed by atoms with E-state index in [0.29, 0.717) is 5.01 Å². The molecule has 1 aromatic rings. The summed E-state index contributed by atoms with van der Waals surface area (Å²) in [5.74, 6) is 0. The summed E-state index contributed by atoms with van der Waals surface area (Å²) >= 11 is 1.34. The van der Waals surface area contributed by atoms with Crippen LogP contribution in [0.25, 0.3) is 0 Å². The highest BCUT2D eigenvalue weighted by atomic mass is 32.1. The molecular formula is C5H7FN2S. The zero-order valence-corrected chi connectivity index (χ0v) is 5.91. The first-order valence-electron chi connectivity index (χ1n) is 2.74. The van der Waals surface area contributed by atoms with Gasteiger partial charge >= 0.3 is 0 Å². The highest BCUT2D eigenvalue weighted by molar-refractivity contribution is 7.11. The van der Waals surface area contributed by atoms with Gasteiger partial charge in [-0.3, -0.25) is 0 Å². The summed E-state index contributed by atoms with van der Waals surface area (Å²) in [6, 6.07) is 0. The number of hydrogen-bond acceptors (Lipinski definition) is 3. The summed E-state index contributed by atoms with van der Waals surface area (Å²) in [6.07, 6.45) is 0.845.